The molecule has 1 aliphatic heterocycles. The summed E-state index contributed by atoms with van der Waals surface area (Å²) >= 11 is 0. The molecule has 1 fully saturated rings. The van der Waals surface area contributed by atoms with Crippen LogP contribution in [0.3, 0.4) is 0 Å². The molecule has 1 saturated heterocycles. The monoisotopic (exact) mass is 439 g/mol. The van der Waals surface area contributed by atoms with E-state index in [2.05, 4.69) is 12.2 Å². The van der Waals surface area contributed by atoms with Crippen LogP contribution >= 0.6 is 0 Å². The number of hydrogen-bond acceptors (Lipinski definition) is 3. The van der Waals surface area contributed by atoms with E-state index in [1.807, 2.05) is 48.0 Å². The van der Waals surface area contributed by atoms with Crippen LogP contribution in [0, 0.1) is 12.8 Å². The van der Waals surface area contributed by atoms with Gasteiger partial charge in [-0.25, -0.2) is 8.42 Å². The molecule has 1 N–H and O–H groups in total. The van der Waals surface area contributed by atoms with Gasteiger partial charge >= 0.3 is 0 Å². The molecule has 2 heterocycles. The van der Waals surface area contributed by atoms with Crippen LogP contribution in [0.2, 0.25) is 0 Å². The fourth-order valence-electron chi connectivity index (χ4n) is 3.97. The van der Waals surface area contributed by atoms with Crippen molar-refractivity contribution in [2.75, 3.05) is 13.1 Å². The molecule has 0 radical (unpaired) electrons. The third-order valence-corrected chi connectivity index (χ3v) is 7.94. The molecule has 6 nitrogen and oxygen atoms in total. The number of sulfonamides is 1. The van der Waals surface area contributed by atoms with E-state index < -0.39 is 10.0 Å². The van der Waals surface area contributed by atoms with Crippen molar-refractivity contribution in [2.45, 2.75) is 44.7 Å². The van der Waals surface area contributed by atoms with Crippen LogP contribution in [0.4, 0.5) is 0 Å². The molecule has 0 atom stereocenters. The first-order valence-electron chi connectivity index (χ1n) is 10.7. The van der Waals surface area contributed by atoms with E-state index in [1.165, 1.54) is 5.56 Å². The summed E-state index contributed by atoms with van der Waals surface area (Å²) in [4.78, 5) is 12.7. The van der Waals surface area contributed by atoms with Crippen molar-refractivity contribution in [1.82, 2.24) is 14.2 Å². The minimum absolute atomic E-state index is 0.0859. The van der Waals surface area contributed by atoms with Crippen LogP contribution in [0.5, 0.6) is 0 Å². The van der Waals surface area contributed by atoms with Crippen LogP contribution in [0.25, 0.3) is 10.9 Å². The average molecular weight is 440 g/mol. The smallest absolute Gasteiger partial charge is 0.243 e. The minimum atomic E-state index is -3.49. The second-order valence-corrected chi connectivity index (χ2v) is 10.5. The van der Waals surface area contributed by atoms with Gasteiger partial charge in [0, 0.05) is 36.7 Å². The van der Waals surface area contributed by atoms with Crippen molar-refractivity contribution in [2.24, 2.45) is 5.92 Å². The maximum Gasteiger partial charge on any atom is 0.243 e. The van der Waals surface area contributed by atoms with E-state index in [1.54, 1.807) is 22.5 Å². The van der Waals surface area contributed by atoms with E-state index in [4.69, 9.17) is 0 Å². The van der Waals surface area contributed by atoms with E-state index in [-0.39, 0.29) is 12.5 Å². The number of carbonyl (C=O) groups is 1. The number of aromatic nitrogens is 1. The van der Waals surface area contributed by atoms with Crippen molar-refractivity contribution in [3.63, 3.8) is 0 Å². The molecular formula is C24H29N3O3S. The topological polar surface area (TPSA) is 71.4 Å². The van der Waals surface area contributed by atoms with Crippen molar-refractivity contribution >= 4 is 26.8 Å². The molecule has 0 spiro atoms. The first kappa shape index (κ1) is 21.6. The molecule has 31 heavy (non-hydrogen) atoms. The highest BCUT2D eigenvalue weighted by Gasteiger charge is 2.28. The van der Waals surface area contributed by atoms with Crippen molar-refractivity contribution in [1.29, 1.82) is 0 Å². The highest BCUT2D eigenvalue weighted by molar-refractivity contribution is 7.89. The minimum Gasteiger partial charge on any atom is -0.350 e. The lowest BCUT2D eigenvalue weighted by Crippen LogP contribution is -2.37. The zero-order valence-corrected chi connectivity index (χ0v) is 18.9. The number of nitrogens with zero attached hydrogens (tertiary/aromatic N) is 2. The lowest BCUT2D eigenvalue weighted by atomic mass is 10.0. The highest BCUT2D eigenvalue weighted by Crippen LogP contribution is 2.26. The fourth-order valence-corrected chi connectivity index (χ4v) is 5.47. The largest absolute Gasteiger partial charge is 0.350 e. The second-order valence-electron chi connectivity index (χ2n) is 8.51. The summed E-state index contributed by atoms with van der Waals surface area (Å²) in [7, 11) is -3.49. The van der Waals surface area contributed by atoms with Gasteiger partial charge in [-0.3, -0.25) is 4.79 Å². The van der Waals surface area contributed by atoms with Crippen LogP contribution in [-0.4, -0.2) is 36.3 Å². The van der Waals surface area contributed by atoms with E-state index in [9.17, 15) is 13.2 Å². The Balaban J connectivity index is 1.44. The van der Waals surface area contributed by atoms with Crippen molar-refractivity contribution in [3.05, 3.63) is 65.9 Å². The molecule has 2 aromatic carbocycles. The van der Waals surface area contributed by atoms with Gasteiger partial charge < -0.3 is 9.88 Å². The third-order valence-electron chi connectivity index (χ3n) is 6.05. The Kier molecular flexibility index (Phi) is 6.16. The summed E-state index contributed by atoms with van der Waals surface area (Å²) in [5.74, 6) is 0.484. The first-order chi connectivity index (χ1) is 14.8. The Labute approximate surface area is 183 Å². The molecule has 0 saturated carbocycles. The Morgan fingerprint density at radius 2 is 1.77 bits per heavy atom. The number of carbonyl (C=O) groups excluding carboxylic acids is 1. The zero-order valence-electron chi connectivity index (χ0n) is 18.0. The molecule has 3 aromatic rings. The average Bonchev–Trinajstić information content (AvgIpc) is 3.15. The van der Waals surface area contributed by atoms with Gasteiger partial charge in [0.2, 0.25) is 15.9 Å². The van der Waals surface area contributed by atoms with Gasteiger partial charge in [-0.1, -0.05) is 36.8 Å². The van der Waals surface area contributed by atoms with Crippen LogP contribution in [0.1, 0.15) is 30.9 Å². The summed E-state index contributed by atoms with van der Waals surface area (Å²) in [6, 6.07) is 15.1. The third kappa shape index (κ3) is 4.83. The normalized spacial score (nSPS) is 15.9. The van der Waals surface area contributed by atoms with Crippen LogP contribution in [0.15, 0.2) is 59.6 Å². The Morgan fingerprint density at radius 1 is 1.06 bits per heavy atom. The van der Waals surface area contributed by atoms with Gasteiger partial charge in [-0.05, 0) is 55.5 Å². The van der Waals surface area contributed by atoms with Gasteiger partial charge in [0.1, 0.15) is 6.54 Å². The first-order valence-corrected chi connectivity index (χ1v) is 12.2. The van der Waals surface area contributed by atoms with E-state index in [0.717, 1.165) is 29.3 Å². The SMILES string of the molecule is Cc1ccc(CNC(=O)Cn2ccc3cc(S(=O)(=O)N4CCC(C)CC4)ccc32)cc1. The van der Waals surface area contributed by atoms with E-state index in [0.29, 0.717) is 30.4 Å². The summed E-state index contributed by atoms with van der Waals surface area (Å²) in [6.45, 7) is 6.01. The maximum absolute atomic E-state index is 13.0. The molecular weight excluding hydrogens is 410 g/mol. The molecule has 4 rings (SSSR count). The molecule has 1 amide bonds. The predicted octanol–water partition coefficient (Wildman–Crippen LogP) is 3.69. The number of benzene rings is 2. The van der Waals surface area contributed by atoms with Gasteiger partial charge in [-0.15, -0.1) is 0 Å². The van der Waals surface area contributed by atoms with Gasteiger partial charge in [0.05, 0.1) is 4.90 Å². The Morgan fingerprint density at radius 3 is 2.48 bits per heavy atom. The number of nitrogens with one attached hydrogen (secondary N) is 1. The molecule has 0 aliphatic carbocycles. The molecule has 1 aromatic heterocycles. The number of fused-ring (bicyclic) bond motifs is 1. The molecule has 0 bridgehead atoms. The Bertz CT molecular complexity index is 1170. The maximum atomic E-state index is 13.0. The molecule has 7 heteroatoms. The summed E-state index contributed by atoms with van der Waals surface area (Å²) < 4.78 is 29.5. The standard InChI is InChI=1S/C24H29N3O3S/c1-18-3-5-20(6-4-18)16-25-24(28)17-26-12-11-21-15-22(7-8-23(21)26)31(29,30)27-13-9-19(2)10-14-27/h3-8,11-12,15,19H,9-10,13-14,16-17H2,1-2H3,(H,25,28). The predicted molar refractivity (Wildman–Crippen MR) is 122 cm³/mol. The van der Waals surface area contributed by atoms with Gasteiger partial charge in [0.15, 0.2) is 0 Å². The zero-order chi connectivity index (χ0) is 22.0. The second kappa shape index (κ2) is 8.85. The molecule has 0 unspecified atom stereocenters. The number of rotatable bonds is 6. The van der Waals surface area contributed by atoms with E-state index >= 15 is 0 Å². The van der Waals surface area contributed by atoms with Crippen LogP contribution in [-0.2, 0) is 27.9 Å². The lowest BCUT2D eigenvalue weighted by Gasteiger charge is -2.29. The molecule has 1 aliphatic rings. The van der Waals surface area contributed by atoms with Gasteiger partial charge in [0.25, 0.3) is 0 Å². The number of hydrogen-bond donors (Lipinski definition) is 1. The number of amides is 1. The summed E-state index contributed by atoms with van der Waals surface area (Å²) in [6.07, 6.45) is 3.63. The Hall–Kier alpha value is -2.64. The van der Waals surface area contributed by atoms with Crippen molar-refractivity contribution < 1.29 is 13.2 Å². The van der Waals surface area contributed by atoms with Crippen LogP contribution < -0.4 is 5.32 Å². The number of piperidine rings is 1. The lowest BCUT2D eigenvalue weighted by molar-refractivity contribution is -0.121. The quantitative estimate of drug-likeness (QED) is 0.637. The summed E-state index contributed by atoms with van der Waals surface area (Å²) in [5.41, 5.74) is 3.08. The molecule has 164 valence electrons. The highest BCUT2D eigenvalue weighted by atomic mass is 32.2. The van der Waals surface area contributed by atoms with Gasteiger partial charge in [-0.2, -0.15) is 4.31 Å². The van der Waals surface area contributed by atoms with Crippen molar-refractivity contribution in [3.8, 4) is 0 Å². The summed E-state index contributed by atoms with van der Waals surface area (Å²) in [5, 5.41) is 3.76. The fraction of sp³-hybridized carbons (Fsp3) is 0.375. The number of aryl methyl sites for hydroxylation is 1.